The lowest BCUT2D eigenvalue weighted by Crippen LogP contribution is -2.13. The highest BCUT2D eigenvalue weighted by atomic mass is 32.2. The van der Waals surface area contributed by atoms with Crippen molar-refractivity contribution in [1.82, 2.24) is 4.98 Å². The molecule has 0 amide bonds. The second kappa shape index (κ2) is 4.36. The summed E-state index contributed by atoms with van der Waals surface area (Å²) in [4.78, 5) is 4.16. The molecule has 3 heteroatoms. The Bertz CT molecular complexity index is 201. The summed E-state index contributed by atoms with van der Waals surface area (Å²) < 4.78 is 0. The van der Waals surface area contributed by atoms with Crippen LogP contribution in [0.25, 0.3) is 0 Å². The average molecular weight is 168 g/mol. The number of aromatic nitrogens is 1. The SMILES string of the molecule is CSCC(N)c1ccccn1. The zero-order chi connectivity index (χ0) is 8.10. The van der Waals surface area contributed by atoms with Crippen LogP contribution in [0.15, 0.2) is 24.4 Å². The van der Waals surface area contributed by atoms with E-state index >= 15 is 0 Å². The van der Waals surface area contributed by atoms with Crippen LogP contribution in [0.4, 0.5) is 0 Å². The van der Waals surface area contributed by atoms with E-state index in [1.807, 2.05) is 24.5 Å². The molecule has 1 atom stereocenters. The van der Waals surface area contributed by atoms with Crippen LogP contribution < -0.4 is 5.73 Å². The van der Waals surface area contributed by atoms with E-state index in [0.717, 1.165) is 11.4 Å². The van der Waals surface area contributed by atoms with Gasteiger partial charge < -0.3 is 5.73 Å². The number of hydrogen-bond acceptors (Lipinski definition) is 3. The first-order valence-corrected chi connectivity index (χ1v) is 4.89. The van der Waals surface area contributed by atoms with E-state index in [4.69, 9.17) is 5.73 Å². The lowest BCUT2D eigenvalue weighted by atomic mass is 10.2. The first-order valence-electron chi connectivity index (χ1n) is 3.50. The molecule has 0 radical (unpaired) electrons. The normalized spacial score (nSPS) is 12.9. The molecule has 1 heterocycles. The monoisotopic (exact) mass is 168 g/mol. The topological polar surface area (TPSA) is 38.9 Å². The van der Waals surface area contributed by atoms with Gasteiger partial charge in [-0.1, -0.05) is 6.07 Å². The molecule has 2 nitrogen and oxygen atoms in total. The van der Waals surface area contributed by atoms with Crippen molar-refractivity contribution in [1.29, 1.82) is 0 Å². The minimum Gasteiger partial charge on any atom is -0.322 e. The zero-order valence-corrected chi connectivity index (χ0v) is 7.34. The van der Waals surface area contributed by atoms with E-state index in [0.29, 0.717) is 0 Å². The predicted octanol–water partition coefficient (Wildman–Crippen LogP) is 1.44. The Morgan fingerprint density at radius 2 is 2.45 bits per heavy atom. The maximum Gasteiger partial charge on any atom is 0.0579 e. The molecule has 0 aliphatic carbocycles. The summed E-state index contributed by atoms with van der Waals surface area (Å²) in [6.45, 7) is 0. The first kappa shape index (κ1) is 8.56. The predicted molar refractivity (Wildman–Crippen MR) is 49.5 cm³/mol. The van der Waals surface area contributed by atoms with Crippen LogP contribution in [0.5, 0.6) is 0 Å². The zero-order valence-electron chi connectivity index (χ0n) is 6.53. The third kappa shape index (κ3) is 2.52. The van der Waals surface area contributed by atoms with Gasteiger partial charge in [0.25, 0.3) is 0 Å². The van der Waals surface area contributed by atoms with E-state index < -0.39 is 0 Å². The van der Waals surface area contributed by atoms with Crippen LogP contribution in [0, 0.1) is 0 Å². The number of rotatable bonds is 3. The van der Waals surface area contributed by atoms with Crippen molar-refractivity contribution >= 4 is 11.8 Å². The first-order chi connectivity index (χ1) is 5.34. The highest BCUT2D eigenvalue weighted by Crippen LogP contribution is 2.10. The van der Waals surface area contributed by atoms with Gasteiger partial charge in [-0.15, -0.1) is 0 Å². The fourth-order valence-corrected chi connectivity index (χ4v) is 1.39. The van der Waals surface area contributed by atoms with Gasteiger partial charge in [0.1, 0.15) is 0 Å². The minimum absolute atomic E-state index is 0.0752. The number of nitrogens with zero attached hydrogens (tertiary/aromatic N) is 1. The molecule has 11 heavy (non-hydrogen) atoms. The van der Waals surface area contributed by atoms with Gasteiger partial charge in [0.2, 0.25) is 0 Å². The summed E-state index contributed by atoms with van der Waals surface area (Å²) >= 11 is 1.74. The van der Waals surface area contributed by atoms with Crippen LogP contribution in [0.3, 0.4) is 0 Å². The minimum atomic E-state index is 0.0752. The Kier molecular flexibility index (Phi) is 3.39. The molecule has 0 fully saturated rings. The molecule has 0 saturated carbocycles. The molecule has 0 aliphatic heterocycles. The van der Waals surface area contributed by atoms with Gasteiger partial charge in [-0.2, -0.15) is 11.8 Å². The Morgan fingerprint density at radius 3 is 3.00 bits per heavy atom. The van der Waals surface area contributed by atoms with Crippen molar-refractivity contribution in [2.45, 2.75) is 6.04 Å². The highest BCUT2D eigenvalue weighted by Gasteiger charge is 2.03. The van der Waals surface area contributed by atoms with Crippen molar-refractivity contribution in [2.24, 2.45) is 5.73 Å². The molecule has 2 N–H and O–H groups in total. The Morgan fingerprint density at radius 1 is 1.64 bits per heavy atom. The van der Waals surface area contributed by atoms with Gasteiger partial charge in [0, 0.05) is 11.9 Å². The van der Waals surface area contributed by atoms with Gasteiger partial charge in [-0.25, -0.2) is 0 Å². The average Bonchev–Trinajstić information content (AvgIpc) is 2.07. The van der Waals surface area contributed by atoms with Crippen molar-refractivity contribution in [3.05, 3.63) is 30.1 Å². The quantitative estimate of drug-likeness (QED) is 0.742. The highest BCUT2D eigenvalue weighted by molar-refractivity contribution is 7.98. The van der Waals surface area contributed by atoms with Gasteiger partial charge in [0.15, 0.2) is 0 Å². The molecule has 0 aromatic carbocycles. The van der Waals surface area contributed by atoms with Crippen molar-refractivity contribution in [3.8, 4) is 0 Å². The van der Waals surface area contributed by atoms with Crippen LogP contribution in [-0.2, 0) is 0 Å². The van der Waals surface area contributed by atoms with Crippen molar-refractivity contribution in [2.75, 3.05) is 12.0 Å². The third-order valence-corrected chi connectivity index (χ3v) is 2.11. The van der Waals surface area contributed by atoms with E-state index in [2.05, 4.69) is 4.98 Å². The molecule has 1 aromatic heterocycles. The largest absolute Gasteiger partial charge is 0.322 e. The van der Waals surface area contributed by atoms with Crippen molar-refractivity contribution in [3.63, 3.8) is 0 Å². The summed E-state index contributed by atoms with van der Waals surface area (Å²) in [6.07, 6.45) is 3.82. The van der Waals surface area contributed by atoms with E-state index in [9.17, 15) is 0 Å². The van der Waals surface area contributed by atoms with Crippen LogP contribution >= 0.6 is 11.8 Å². The number of thioether (sulfide) groups is 1. The Labute approximate surface area is 71.2 Å². The van der Waals surface area contributed by atoms with Gasteiger partial charge in [-0.05, 0) is 18.4 Å². The fourth-order valence-electron chi connectivity index (χ4n) is 0.860. The molecule has 1 rings (SSSR count). The summed E-state index contributed by atoms with van der Waals surface area (Å²) in [7, 11) is 0. The van der Waals surface area contributed by atoms with E-state index in [1.165, 1.54) is 0 Å². The maximum atomic E-state index is 5.82. The van der Waals surface area contributed by atoms with E-state index in [1.54, 1.807) is 18.0 Å². The second-order valence-corrected chi connectivity index (χ2v) is 3.23. The molecule has 1 aromatic rings. The number of nitrogens with two attached hydrogens (primary N) is 1. The number of hydrogen-bond donors (Lipinski definition) is 1. The Balaban J connectivity index is 2.61. The van der Waals surface area contributed by atoms with Crippen LogP contribution in [0.2, 0.25) is 0 Å². The Hall–Kier alpha value is -0.540. The number of pyridine rings is 1. The summed E-state index contributed by atoms with van der Waals surface area (Å²) in [6, 6.07) is 5.89. The van der Waals surface area contributed by atoms with Crippen molar-refractivity contribution < 1.29 is 0 Å². The van der Waals surface area contributed by atoms with Crippen LogP contribution in [-0.4, -0.2) is 17.0 Å². The lowest BCUT2D eigenvalue weighted by molar-refractivity contribution is 0.794. The molecular weight excluding hydrogens is 156 g/mol. The molecule has 0 spiro atoms. The fraction of sp³-hybridized carbons (Fsp3) is 0.375. The van der Waals surface area contributed by atoms with Gasteiger partial charge >= 0.3 is 0 Å². The molecule has 1 unspecified atom stereocenters. The lowest BCUT2D eigenvalue weighted by Gasteiger charge is -2.07. The summed E-state index contributed by atoms with van der Waals surface area (Å²) in [5.41, 5.74) is 6.80. The van der Waals surface area contributed by atoms with Gasteiger partial charge in [0.05, 0.1) is 11.7 Å². The molecule has 0 bridgehead atoms. The summed E-state index contributed by atoms with van der Waals surface area (Å²) in [5.74, 6) is 0.928. The smallest absolute Gasteiger partial charge is 0.0579 e. The molecule has 60 valence electrons. The standard InChI is InChI=1S/C8H12N2S/c1-11-6-7(9)8-4-2-3-5-10-8/h2-5,7H,6,9H2,1H3. The third-order valence-electron chi connectivity index (χ3n) is 1.41. The molecule has 0 aliphatic rings. The summed E-state index contributed by atoms with van der Waals surface area (Å²) in [5, 5.41) is 0. The molecule has 0 saturated heterocycles. The van der Waals surface area contributed by atoms with Gasteiger partial charge in [-0.3, -0.25) is 4.98 Å². The maximum absolute atomic E-state index is 5.82. The molecular formula is C8H12N2S. The second-order valence-electron chi connectivity index (χ2n) is 2.32. The van der Waals surface area contributed by atoms with Crippen LogP contribution in [0.1, 0.15) is 11.7 Å². The van der Waals surface area contributed by atoms with E-state index in [-0.39, 0.29) is 6.04 Å².